The topological polar surface area (TPSA) is 40.5 Å². The van der Waals surface area contributed by atoms with Crippen molar-refractivity contribution in [3.63, 3.8) is 0 Å². The van der Waals surface area contributed by atoms with Crippen molar-refractivity contribution in [2.24, 2.45) is 10.8 Å². The lowest BCUT2D eigenvalue weighted by Gasteiger charge is -1.60. The summed E-state index contributed by atoms with van der Waals surface area (Å²) in [4.78, 5) is 0. The Bertz CT molecular complexity index is 145. The van der Waals surface area contributed by atoms with E-state index in [0.29, 0.717) is 0 Å². The smallest absolute Gasteiger partial charge is 0.0297 e. The van der Waals surface area contributed by atoms with Crippen LogP contribution in [-0.2, 0) is 0 Å². The van der Waals surface area contributed by atoms with Gasteiger partial charge in [0.25, 0.3) is 0 Å². The first-order chi connectivity index (χ1) is 7.33. The zero-order chi connectivity index (χ0) is 10.8. The maximum Gasteiger partial charge on any atom is -0.0297 e. The zero-order valence-corrected chi connectivity index (χ0v) is 9.67. The Hall–Kier alpha value is -0.0800. The molecule has 5 aliphatic rings. The van der Waals surface area contributed by atoms with Gasteiger partial charge in [-0.05, 0) is 62.2 Å². The highest BCUT2D eigenvalue weighted by molar-refractivity contribution is 5.04. The maximum absolute atomic E-state index is 6.00. The van der Waals surface area contributed by atoms with Gasteiger partial charge in [0.2, 0.25) is 0 Å². The highest BCUT2D eigenvalue weighted by atomic mass is 17.0. The van der Waals surface area contributed by atoms with Gasteiger partial charge in [0.15, 0.2) is 0 Å². The second-order valence-corrected chi connectivity index (χ2v) is 6.06. The monoisotopic (exact) mass is 212 g/mol. The van der Waals surface area contributed by atoms with Crippen molar-refractivity contribution in [2.75, 3.05) is 0 Å². The predicted octanol–water partition coefficient (Wildman–Crippen LogP) is 4.31. The Labute approximate surface area is 92.6 Å². The molecule has 0 aliphatic heterocycles. The standard InChI is InChI=1S/2C5H8.C3H6.H2O2/c2*1-2-5(1)3-4-5;1-2-3-1;1-2/h2*1-4H2;1-3H2;1-2H. The number of rotatable bonds is 0. The van der Waals surface area contributed by atoms with Crippen LogP contribution in [0.15, 0.2) is 0 Å². The van der Waals surface area contributed by atoms with Gasteiger partial charge in [-0.3, -0.25) is 10.5 Å². The van der Waals surface area contributed by atoms with Crippen LogP contribution in [0.1, 0.15) is 70.6 Å². The Balaban J connectivity index is 0.0000000814. The molecule has 5 fully saturated rings. The van der Waals surface area contributed by atoms with Crippen molar-refractivity contribution in [3.05, 3.63) is 0 Å². The third-order valence-corrected chi connectivity index (χ3v) is 4.18. The molecule has 0 unspecified atom stereocenters. The summed E-state index contributed by atoms with van der Waals surface area (Å²) in [5.41, 5.74) is 2.00. The summed E-state index contributed by atoms with van der Waals surface area (Å²) >= 11 is 0. The summed E-state index contributed by atoms with van der Waals surface area (Å²) in [6.07, 6.45) is 17.0. The maximum atomic E-state index is 6.00. The quantitative estimate of drug-likeness (QED) is 0.464. The van der Waals surface area contributed by atoms with E-state index < -0.39 is 0 Å². The van der Waals surface area contributed by atoms with Crippen LogP contribution in [0, 0.1) is 10.8 Å². The van der Waals surface area contributed by atoms with Crippen LogP contribution >= 0.6 is 0 Å². The molecule has 5 aliphatic carbocycles. The minimum absolute atomic E-state index is 1.00. The third-order valence-electron chi connectivity index (χ3n) is 4.18. The molecule has 2 heteroatoms. The van der Waals surface area contributed by atoms with E-state index in [9.17, 15) is 0 Å². The Kier molecular flexibility index (Phi) is 3.36. The fourth-order valence-electron chi connectivity index (χ4n) is 1.71. The van der Waals surface area contributed by atoms with Gasteiger partial charge in [-0.15, -0.1) is 0 Å². The molecule has 0 heterocycles. The van der Waals surface area contributed by atoms with Gasteiger partial charge in [-0.1, -0.05) is 19.3 Å². The van der Waals surface area contributed by atoms with Gasteiger partial charge in [0.05, 0.1) is 0 Å². The van der Waals surface area contributed by atoms with Gasteiger partial charge >= 0.3 is 0 Å². The normalized spacial score (nSPS) is 30.8. The van der Waals surface area contributed by atoms with E-state index in [0.717, 1.165) is 10.8 Å². The first-order valence-electron chi connectivity index (χ1n) is 6.53. The molecule has 0 aromatic rings. The lowest BCUT2D eigenvalue weighted by molar-refractivity contribution is -0.176. The second kappa shape index (κ2) is 4.42. The molecule has 0 amide bonds. The van der Waals surface area contributed by atoms with Crippen molar-refractivity contribution in [2.45, 2.75) is 70.6 Å². The Morgan fingerprint density at radius 3 is 0.667 bits per heavy atom. The molecular weight excluding hydrogens is 188 g/mol. The molecule has 2 N–H and O–H groups in total. The molecule has 2 spiro atoms. The van der Waals surface area contributed by atoms with Gasteiger partial charge < -0.3 is 0 Å². The minimum Gasteiger partial charge on any atom is -0.255 e. The average Bonchev–Trinajstić information content (AvgIpc) is 3.23. The zero-order valence-electron chi connectivity index (χ0n) is 9.67. The van der Waals surface area contributed by atoms with E-state index in [4.69, 9.17) is 10.5 Å². The van der Waals surface area contributed by atoms with Crippen LogP contribution in [0.2, 0.25) is 0 Å². The van der Waals surface area contributed by atoms with Crippen LogP contribution in [0.3, 0.4) is 0 Å². The summed E-state index contributed by atoms with van der Waals surface area (Å²) < 4.78 is 0. The predicted molar refractivity (Wildman–Crippen MR) is 60.9 cm³/mol. The lowest BCUT2D eigenvalue weighted by atomic mass is 10.5. The highest BCUT2D eigenvalue weighted by Crippen LogP contribution is 2.66. The highest BCUT2D eigenvalue weighted by Gasteiger charge is 2.53. The van der Waals surface area contributed by atoms with Gasteiger partial charge in [-0.2, -0.15) is 0 Å². The molecule has 88 valence electrons. The molecule has 15 heavy (non-hydrogen) atoms. The van der Waals surface area contributed by atoms with Crippen molar-refractivity contribution in [3.8, 4) is 0 Å². The fraction of sp³-hybridized carbons (Fsp3) is 1.00. The molecule has 0 aromatic heterocycles. The lowest BCUT2D eigenvalue weighted by Crippen LogP contribution is -1.51. The Morgan fingerprint density at radius 2 is 0.667 bits per heavy atom. The number of hydrogen-bond acceptors (Lipinski definition) is 2. The molecular formula is C13H24O2. The molecule has 0 radical (unpaired) electrons. The van der Waals surface area contributed by atoms with Gasteiger partial charge in [-0.25, -0.2) is 0 Å². The minimum atomic E-state index is 1.00. The first-order valence-corrected chi connectivity index (χ1v) is 6.53. The molecule has 5 rings (SSSR count). The van der Waals surface area contributed by atoms with Crippen LogP contribution in [0.4, 0.5) is 0 Å². The molecule has 0 atom stereocenters. The summed E-state index contributed by atoms with van der Waals surface area (Å²) in [6.45, 7) is 0. The van der Waals surface area contributed by atoms with E-state index in [1.54, 1.807) is 51.4 Å². The van der Waals surface area contributed by atoms with Crippen molar-refractivity contribution >= 4 is 0 Å². The number of hydrogen-bond donors (Lipinski definition) is 2. The summed E-state index contributed by atoms with van der Waals surface area (Å²) in [5, 5.41) is 12.0. The van der Waals surface area contributed by atoms with E-state index in [-0.39, 0.29) is 0 Å². The summed E-state index contributed by atoms with van der Waals surface area (Å²) in [5.74, 6) is 0. The van der Waals surface area contributed by atoms with Gasteiger partial charge in [0, 0.05) is 0 Å². The van der Waals surface area contributed by atoms with Crippen LogP contribution in [0.25, 0.3) is 0 Å². The van der Waals surface area contributed by atoms with Crippen LogP contribution < -0.4 is 0 Å². The van der Waals surface area contributed by atoms with Crippen molar-refractivity contribution < 1.29 is 10.5 Å². The summed E-state index contributed by atoms with van der Waals surface area (Å²) in [6, 6.07) is 0. The SMILES string of the molecule is C1CC1.C1CC12CC2.C1CC12CC2.OO. The van der Waals surface area contributed by atoms with Crippen LogP contribution in [-0.4, -0.2) is 10.5 Å². The largest absolute Gasteiger partial charge is 0.255 e. The van der Waals surface area contributed by atoms with Crippen LogP contribution in [0.5, 0.6) is 0 Å². The molecule has 0 aromatic carbocycles. The van der Waals surface area contributed by atoms with Crippen molar-refractivity contribution in [1.29, 1.82) is 0 Å². The molecule has 5 saturated carbocycles. The molecule has 2 nitrogen and oxygen atoms in total. The van der Waals surface area contributed by atoms with E-state index >= 15 is 0 Å². The molecule has 0 bridgehead atoms. The Morgan fingerprint density at radius 1 is 0.467 bits per heavy atom. The van der Waals surface area contributed by atoms with Gasteiger partial charge in [0.1, 0.15) is 0 Å². The van der Waals surface area contributed by atoms with E-state index in [1.165, 1.54) is 19.3 Å². The fourth-order valence-corrected chi connectivity index (χ4v) is 1.71. The third kappa shape index (κ3) is 4.52. The van der Waals surface area contributed by atoms with Crippen molar-refractivity contribution in [1.82, 2.24) is 0 Å². The second-order valence-electron chi connectivity index (χ2n) is 6.06. The first kappa shape index (κ1) is 11.4. The average molecular weight is 212 g/mol. The van der Waals surface area contributed by atoms with E-state index in [1.807, 2.05) is 0 Å². The molecule has 0 saturated heterocycles. The summed E-state index contributed by atoms with van der Waals surface area (Å²) in [7, 11) is 0. The van der Waals surface area contributed by atoms with E-state index in [2.05, 4.69) is 0 Å².